The Kier molecular flexibility index (Phi) is 6.08. The molecule has 0 aromatic heterocycles. The van der Waals surface area contributed by atoms with Crippen LogP contribution in [0.25, 0.3) is 11.1 Å². The number of halogens is 4. The average Bonchev–Trinajstić information content (AvgIpc) is 3.20. The van der Waals surface area contributed by atoms with Crippen LogP contribution in [0.15, 0.2) is 59.6 Å². The predicted octanol–water partition coefficient (Wildman–Crippen LogP) is 5.51. The number of rotatable bonds is 4. The van der Waals surface area contributed by atoms with Crippen LogP contribution in [0.1, 0.15) is 31.8 Å². The van der Waals surface area contributed by atoms with Crippen molar-refractivity contribution in [3.63, 3.8) is 0 Å². The molecule has 3 aromatic carbocycles. The summed E-state index contributed by atoms with van der Waals surface area (Å²) in [5.41, 5.74) is -0.390. The lowest BCUT2D eigenvalue weighted by molar-refractivity contribution is -0.137. The molecule has 0 aliphatic carbocycles. The molecule has 0 unspecified atom stereocenters. The van der Waals surface area contributed by atoms with Crippen LogP contribution in [0, 0.1) is 5.82 Å². The van der Waals surface area contributed by atoms with Gasteiger partial charge in [-0.1, -0.05) is 12.1 Å². The zero-order valence-electron chi connectivity index (χ0n) is 17.9. The third-order valence-corrected chi connectivity index (χ3v) is 5.14. The molecule has 3 aromatic rings. The lowest BCUT2D eigenvalue weighted by atomic mass is 9.93. The van der Waals surface area contributed by atoms with Crippen molar-refractivity contribution < 1.29 is 36.7 Å². The van der Waals surface area contributed by atoms with Crippen molar-refractivity contribution in [3.8, 4) is 11.1 Å². The lowest BCUT2D eigenvalue weighted by Gasteiger charge is -2.13. The fourth-order valence-corrected chi connectivity index (χ4v) is 3.56. The molecule has 0 spiro atoms. The van der Waals surface area contributed by atoms with Gasteiger partial charge in [-0.05, 0) is 48.0 Å². The van der Waals surface area contributed by atoms with Gasteiger partial charge in [-0.25, -0.2) is 19.0 Å². The van der Waals surface area contributed by atoms with Crippen LogP contribution in [-0.4, -0.2) is 31.2 Å². The molecular formula is C24H15F4N3O4. The van der Waals surface area contributed by atoms with Crippen molar-refractivity contribution in [1.82, 2.24) is 0 Å². The second-order valence-electron chi connectivity index (χ2n) is 7.36. The predicted molar refractivity (Wildman–Crippen MR) is 119 cm³/mol. The quantitative estimate of drug-likeness (QED) is 0.376. The number of aliphatic imine (C=N–C) groups is 1. The minimum atomic E-state index is -4.57. The number of methoxy groups -OCH3 is 1. The number of urea groups is 1. The number of ether oxygens (including phenoxy) is 1. The van der Waals surface area contributed by atoms with Gasteiger partial charge in [0.2, 0.25) is 0 Å². The van der Waals surface area contributed by atoms with Crippen LogP contribution in [0.3, 0.4) is 0 Å². The fourth-order valence-electron chi connectivity index (χ4n) is 3.56. The Hall–Kier alpha value is -4.54. The summed E-state index contributed by atoms with van der Waals surface area (Å²) in [5.74, 6) is -2.16. The van der Waals surface area contributed by atoms with E-state index in [0.717, 1.165) is 31.4 Å². The standard InChI is InChI=1S/C24H15F4N3O4/c1-35-22(33)17-8-7-15(18-11-29-21(32)20(17)18)16-6-5-14(10-19(16)25)31-23(34)30-13-4-2-3-12(9-13)24(26,27)28/h2-11H,1H3,(H2,30,31,34). The summed E-state index contributed by atoms with van der Waals surface area (Å²) in [6.07, 6.45) is -3.34. The zero-order chi connectivity index (χ0) is 25.3. The summed E-state index contributed by atoms with van der Waals surface area (Å²) in [5, 5.41) is 4.60. The van der Waals surface area contributed by atoms with E-state index in [1.165, 1.54) is 36.5 Å². The number of hydrogen-bond acceptors (Lipinski definition) is 4. The van der Waals surface area contributed by atoms with E-state index in [-0.39, 0.29) is 33.6 Å². The highest BCUT2D eigenvalue weighted by Gasteiger charge is 2.30. The van der Waals surface area contributed by atoms with Gasteiger partial charge in [0, 0.05) is 28.7 Å². The Balaban J connectivity index is 1.56. The van der Waals surface area contributed by atoms with Crippen molar-refractivity contribution >= 4 is 35.5 Å². The Morgan fingerprint density at radius 1 is 0.943 bits per heavy atom. The van der Waals surface area contributed by atoms with E-state index in [9.17, 15) is 31.9 Å². The largest absolute Gasteiger partial charge is 0.465 e. The van der Waals surface area contributed by atoms with Crippen LogP contribution in [0.4, 0.5) is 33.7 Å². The fraction of sp³-hybridized carbons (Fsp3) is 0.0833. The first-order valence-electron chi connectivity index (χ1n) is 9.97. The van der Waals surface area contributed by atoms with Crippen LogP contribution in [0.5, 0.6) is 0 Å². The van der Waals surface area contributed by atoms with Gasteiger partial charge in [0.05, 0.1) is 23.8 Å². The molecule has 11 heteroatoms. The summed E-state index contributed by atoms with van der Waals surface area (Å²) in [6.45, 7) is 0. The molecule has 0 saturated heterocycles. The molecule has 3 amide bonds. The monoisotopic (exact) mass is 485 g/mol. The van der Waals surface area contributed by atoms with E-state index in [1.807, 2.05) is 0 Å². The number of anilines is 2. The first-order chi connectivity index (χ1) is 16.6. The first-order valence-corrected chi connectivity index (χ1v) is 9.97. The minimum Gasteiger partial charge on any atom is -0.465 e. The van der Waals surface area contributed by atoms with Crippen molar-refractivity contribution in [2.45, 2.75) is 6.18 Å². The van der Waals surface area contributed by atoms with Gasteiger partial charge in [-0.15, -0.1) is 0 Å². The highest BCUT2D eigenvalue weighted by molar-refractivity contribution is 6.20. The highest BCUT2D eigenvalue weighted by atomic mass is 19.4. The van der Waals surface area contributed by atoms with E-state index >= 15 is 0 Å². The Bertz CT molecular complexity index is 1400. The van der Waals surface area contributed by atoms with E-state index < -0.39 is 35.5 Å². The molecule has 1 aliphatic rings. The maximum atomic E-state index is 15.0. The van der Waals surface area contributed by atoms with Crippen LogP contribution < -0.4 is 10.6 Å². The number of alkyl halides is 3. The first kappa shape index (κ1) is 23.6. The maximum Gasteiger partial charge on any atom is 0.416 e. The molecule has 0 atom stereocenters. The number of carbonyl (C=O) groups excluding carboxylic acids is 3. The third-order valence-electron chi connectivity index (χ3n) is 5.14. The van der Waals surface area contributed by atoms with Crippen molar-refractivity contribution in [2.24, 2.45) is 4.99 Å². The molecule has 2 N–H and O–H groups in total. The SMILES string of the molecule is COC(=O)c1ccc(-c2ccc(NC(=O)Nc3cccc(C(F)(F)F)c3)cc2F)c2c1C(=O)N=C2. The summed E-state index contributed by atoms with van der Waals surface area (Å²) in [4.78, 5) is 40.0. The van der Waals surface area contributed by atoms with Crippen LogP contribution >= 0.6 is 0 Å². The number of carbonyl (C=O) groups is 3. The maximum absolute atomic E-state index is 15.0. The Morgan fingerprint density at radius 3 is 2.29 bits per heavy atom. The van der Waals surface area contributed by atoms with Gasteiger partial charge >= 0.3 is 18.2 Å². The number of amides is 3. The molecule has 1 aliphatic heterocycles. The lowest BCUT2D eigenvalue weighted by Crippen LogP contribution is -2.20. The molecule has 0 fully saturated rings. The van der Waals surface area contributed by atoms with Gasteiger partial charge in [0.25, 0.3) is 5.91 Å². The number of hydrogen-bond donors (Lipinski definition) is 2. The zero-order valence-corrected chi connectivity index (χ0v) is 17.9. The molecule has 7 nitrogen and oxygen atoms in total. The minimum absolute atomic E-state index is 0.00120. The molecular weight excluding hydrogens is 470 g/mol. The molecule has 4 rings (SSSR count). The molecule has 0 radical (unpaired) electrons. The molecule has 1 heterocycles. The average molecular weight is 485 g/mol. The third kappa shape index (κ3) is 4.74. The normalized spacial score (nSPS) is 12.3. The van der Waals surface area contributed by atoms with Crippen molar-refractivity contribution in [2.75, 3.05) is 17.7 Å². The summed E-state index contributed by atoms with van der Waals surface area (Å²) < 4.78 is 58.2. The van der Waals surface area contributed by atoms with Gasteiger partial charge in [0.15, 0.2) is 0 Å². The number of fused-ring (bicyclic) bond motifs is 1. The number of nitrogens with zero attached hydrogens (tertiary/aromatic N) is 1. The van der Waals surface area contributed by atoms with E-state index in [4.69, 9.17) is 0 Å². The second kappa shape index (κ2) is 9.01. The van der Waals surface area contributed by atoms with Crippen molar-refractivity contribution in [1.29, 1.82) is 0 Å². The van der Waals surface area contributed by atoms with Gasteiger partial charge in [-0.3, -0.25) is 4.79 Å². The van der Waals surface area contributed by atoms with Gasteiger partial charge in [0.1, 0.15) is 5.82 Å². The van der Waals surface area contributed by atoms with E-state index in [0.29, 0.717) is 5.56 Å². The van der Waals surface area contributed by atoms with Crippen molar-refractivity contribution in [3.05, 3.63) is 82.7 Å². The summed E-state index contributed by atoms with van der Waals surface area (Å²) >= 11 is 0. The van der Waals surface area contributed by atoms with Gasteiger partial charge < -0.3 is 15.4 Å². The highest BCUT2D eigenvalue weighted by Crippen LogP contribution is 2.34. The van der Waals surface area contributed by atoms with Gasteiger partial charge in [-0.2, -0.15) is 13.2 Å². The molecule has 178 valence electrons. The number of nitrogens with one attached hydrogen (secondary N) is 2. The van der Waals surface area contributed by atoms with Crippen LogP contribution in [-0.2, 0) is 10.9 Å². The number of esters is 1. The molecule has 35 heavy (non-hydrogen) atoms. The Labute approximate surface area is 195 Å². The molecule has 0 bridgehead atoms. The smallest absolute Gasteiger partial charge is 0.416 e. The summed E-state index contributed by atoms with van der Waals surface area (Å²) in [7, 11) is 1.16. The topological polar surface area (TPSA) is 96.9 Å². The van der Waals surface area contributed by atoms with E-state index in [1.54, 1.807) is 0 Å². The number of benzene rings is 3. The Morgan fingerprint density at radius 2 is 1.63 bits per heavy atom. The van der Waals surface area contributed by atoms with E-state index in [2.05, 4.69) is 20.4 Å². The molecule has 0 saturated carbocycles. The summed E-state index contributed by atoms with van der Waals surface area (Å²) in [6, 6.07) is 9.69. The van der Waals surface area contributed by atoms with Crippen LogP contribution in [0.2, 0.25) is 0 Å². The second-order valence-corrected chi connectivity index (χ2v) is 7.36.